The van der Waals surface area contributed by atoms with Crippen LogP contribution >= 0.6 is 0 Å². The maximum absolute atomic E-state index is 12.1. The average molecular weight is 957 g/mol. The minimum absolute atomic E-state index is 0.000767. The predicted molar refractivity (Wildman–Crippen MR) is 294 cm³/mol. The number of phenols is 2. The Kier molecular flexibility index (Phi) is 11.4. The zero-order valence-corrected chi connectivity index (χ0v) is 40.2. The molecule has 12 aromatic rings. The van der Waals surface area contributed by atoms with Gasteiger partial charge in [0, 0.05) is 33.3 Å². The summed E-state index contributed by atoms with van der Waals surface area (Å²) in [6, 6.07) is 70.9. The van der Waals surface area contributed by atoms with Gasteiger partial charge in [-0.3, -0.25) is 0 Å². The molecular weight excluding hydrogens is 914 g/mol. The summed E-state index contributed by atoms with van der Waals surface area (Å²) >= 11 is 0. The second-order valence-electron chi connectivity index (χ2n) is 18.4. The lowest BCUT2D eigenvalue weighted by atomic mass is 9.50. The highest BCUT2D eigenvalue weighted by atomic mass is 16.4. The Labute approximate surface area is 426 Å². The highest BCUT2D eigenvalue weighted by Crippen LogP contribution is 2.38. The molecule has 12 rings (SSSR count). The molecule has 0 amide bonds. The smallest absolute Gasteiger partial charge is 0.328 e. The zero-order chi connectivity index (χ0) is 50.5. The van der Waals surface area contributed by atoms with Crippen molar-refractivity contribution in [3.05, 3.63) is 240 Å². The van der Waals surface area contributed by atoms with Gasteiger partial charge in [0.15, 0.2) is 11.2 Å². The first-order valence-corrected chi connectivity index (χ1v) is 24.2. The normalized spacial score (nSPS) is 12.2. The van der Waals surface area contributed by atoms with Crippen LogP contribution in [0.3, 0.4) is 0 Å². The molecule has 10 nitrogen and oxygen atoms in total. The van der Waals surface area contributed by atoms with Crippen molar-refractivity contribution in [1.29, 1.82) is 10.5 Å². The topological polar surface area (TPSA) is 150 Å². The van der Waals surface area contributed by atoms with Gasteiger partial charge in [-0.25, -0.2) is 9.97 Å². The van der Waals surface area contributed by atoms with Crippen LogP contribution in [0.2, 0.25) is 0 Å². The average Bonchev–Trinajstić information content (AvgIpc) is 4.20. The number of nitrogens with zero attached hydrogens (tertiary/aromatic N) is 6. The number of hydrogen-bond donors (Lipinski definition) is 2. The molecule has 74 heavy (non-hydrogen) atoms. The number of fused-ring (bicyclic) bond motifs is 3. The molecule has 0 bridgehead atoms. The summed E-state index contributed by atoms with van der Waals surface area (Å²) in [5, 5.41) is 49.2. The minimum Gasteiger partial charge on any atom is -0.508 e. The Balaban J connectivity index is 1.46. The summed E-state index contributed by atoms with van der Waals surface area (Å²) in [4.78, 5) is 10.1. The quantitative estimate of drug-likeness (QED) is 0.129. The molecule has 0 unspecified atom stereocenters. The highest BCUT2D eigenvalue weighted by Gasteiger charge is 2.38. The second-order valence-corrected chi connectivity index (χ2v) is 18.4. The molecule has 2 N–H and O–H groups in total. The Hall–Kier alpha value is -10.0. The molecule has 0 saturated carbocycles. The van der Waals surface area contributed by atoms with Crippen LogP contribution in [-0.4, -0.2) is 42.8 Å². The first-order chi connectivity index (χ1) is 36.3. The maximum Gasteiger partial charge on any atom is 0.328 e. The number of aryl methyl sites for hydroxylation is 2. The molecule has 12 heteroatoms. The van der Waals surface area contributed by atoms with Crippen LogP contribution < -0.4 is 32.5 Å². The fourth-order valence-corrected chi connectivity index (χ4v) is 10.5. The van der Waals surface area contributed by atoms with Crippen molar-refractivity contribution in [2.45, 2.75) is 13.8 Å². The number of rotatable bonds is 10. The van der Waals surface area contributed by atoms with E-state index in [4.69, 9.17) is 18.8 Å². The van der Waals surface area contributed by atoms with E-state index in [0.29, 0.717) is 66.2 Å². The Morgan fingerprint density at radius 2 is 0.797 bits per heavy atom. The van der Waals surface area contributed by atoms with Crippen LogP contribution in [0.15, 0.2) is 215 Å². The van der Waals surface area contributed by atoms with Crippen LogP contribution in [0.4, 0.5) is 0 Å². The van der Waals surface area contributed by atoms with Crippen molar-refractivity contribution in [2.75, 3.05) is 0 Å². The molecule has 0 atom stereocenters. The molecule has 0 fully saturated rings. The Morgan fingerprint density at radius 3 is 1.12 bits per heavy atom. The van der Waals surface area contributed by atoms with E-state index in [1.807, 2.05) is 135 Å². The lowest BCUT2D eigenvalue weighted by Crippen LogP contribution is -2.54. The number of oxazole rings is 2. The third kappa shape index (κ3) is 7.79. The summed E-state index contributed by atoms with van der Waals surface area (Å²) in [7, 11) is 0. The molecule has 0 saturated heterocycles. The van der Waals surface area contributed by atoms with E-state index in [1.54, 1.807) is 36.4 Å². The van der Waals surface area contributed by atoms with Gasteiger partial charge >= 0.3 is 13.7 Å². The molecule has 4 heterocycles. The zero-order valence-electron chi connectivity index (χ0n) is 40.2. The highest BCUT2D eigenvalue weighted by molar-refractivity contribution is 6.85. The van der Waals surface area contributed by atoms with Gasteiger partial charge in [0.05, 0.1) is 10.7 Å². The molecule has 0 aliphatic rings. The van der Waals surface area contributed by atoms with Gasteiger partial charge in [-0.15, -0.1) is 0 Å². The molecule has 350 valence electrons. The van der Waals surface area contributed by atoms with Crippen molar-refractivity contribution in [2.24, 2.45) is 0 Å². The van der Waals surface area contributed by atoms with Crippen molar-refractivity contribution in [3.8, 4) is 46.2 Å². The number of benzene rings is 8. The molecule has 4 aromatic heterocycles. The van der Waals surface area contributed by atoms with E-state index in [2.05, 4.69) is 69.6 Å². The lowest BCUT2D eigenvalue weighted by Gasteiger charge is -2.24. The molecule has 8 aromatic carbocycles. The third-order valence-corrected chi connectivity index (χ3v) is 13.6. The maximum atomic E-state index is 12.1. The van der Waals surface area contributed by atoms with Crippen LogP contribution in [0.1, 0.15) is 22.9 Å². The van der Waals surface area contributed by atoms with E-state index in [0.717, 1.165) is 33.0 Å². The van der Waals surface area contributed by atoms with E-state index < -0.39 is 13.7 Å². The van der Waals surface area contributed by atoms with Gasteiger partial charge in [-0.1, -0.05) is 180 Å². The number of aromatic nitrogens is 4. The summed E-state index contributed by atoms with van der Waals surface area (Å²) in [5.41, 5.74) is 10.0. The summed E-state index contributed by atoms with van der Waals surface area (Å²) in [6.07, 6.45) is 0. The third-order valence-electron chi connectivity index (χ3n) is 13.6. The first kappa shape index (κ1) is 45.1. The monoisotopic (exact) mass is 956 g/mol. The van der Waals surface area contributed by atoms with Gasteiger partial charge in [-0.2, -0.15) is 10.5 Å². The SMILES string of the molecule is Cc1ccc2oc(/C(C#N)=c3/c4c(-c5cccc(O)c5)n(B(c5ccccc5)c5ccccc5)/c(=C(/C#N)c5nc6cc(C)ccc6o5)c4c(-c4cccc(O)c4)n3B(c3ccccc3)c3ccccc3)nc2c1. The minimum atomic E-state index is -0.665. The van der Waals surface area contributed by atoms with Crippen LogP contribution in [0, 0.1) is 36.5 Å². The van der Waals surface area contributed by atoms with Gasteiger partial charge in [0.25, 0.3) is 0 Å². The van der Waals surface area contributed by atoms with E-state index in [1.165, 1.54) is 0 Å². The van der Waals surface area contributed by atoms with Crippen molar-refractivity contribution >= 4 is 79.7 Å². The van der Waals surface area contributed by atoms with Crippen LogP contribution in [0.25, 0.3) is 66.6 Å². The molecule has 0 spiro atoms. The fourth-order valence-electron chi connectivity index (χ4n) is 10.5. The Morgan fingerprint density at radius 1 is 0.446 bits per heavy atom. The first-order valence-electron chi connectivity index (χ1n) is 24.2. The van der Waals surface area contributed by atoms with Crippen molar-refractivity contribution in [3.63, 3.8) is 0 Å². The fraction of sp³-hybridized carbons (Fsp3) is 0.0323. The number of phenolic OH excluding ortho intramolecular Hbond substituents is 2. The van der Waals surface area contributed by atoms with Gasteiger partial charge in [0.2, 0.25) is 11.8 Å². The van der Waals surface area contributed by atoms with Gasteiger partial charge in [-0.05, 0) is 73.5 Å². The standard InChI is InChI=1S/C62H42B2N6O4/c1-39-29-31-53-51(33-39)67-61(73-53)49(37-65)59-55-56(58(42-18-16-28-48(72)36-42)69(59)63(43-19-7-3-8-20-43)44-21-9-4-10-22-44)60(50(38-66)62-68-52-34-40(2)30-32-54(52)74-62)70(57(55)41-17-15-27-47(71)35-41)64(45-23-11-5-12-24-45)46-25-13-6-14-26-46/h3-36,71-72H,1-2H3/b59-49-,60-50-. The predicted octanol–water partition coefficient (Wildman–Crippen LogP) is 8.84. The van der Waals surface area contributed by atoms with Crippen molar-refractivity contribution in [1.82, 2.24) is 18.9 Å². The number of nitriles is 2. The summed E-state index contributed by atoms with van der Waals surface area (Å²) < 4.78 is 17.6. The van der Waals surface area contributed by atoms with E-state index in [-0.39, 0.29) is 34.4 Å². The molecule has 0 aliphatic heterocycles. The van der Waals surface area contributed by atoms with Crippen molar-refractivity contribution < 1.29 is 19.0 Å². The molecular formula is C62H42B2N6O4. The Bertz CT molecular complexity index is 3980. The summed E-state index contributed by atoms with van der Waals surface area (Å²) in [6.45, 7) is 2.63. The van der Waals surface area contributed by atoms with E-state index >= 15 is 0 Å². The van der Waals surface area contributed by atoms with Crippen LogP contribution in [0.5, 0.6) is 11.5 Å². The molecule has 0 radical (unpaired) electrons. The van der Waals surface area contributed by atoms with Gasteiger partial charge < -0.3 is 28.0 Å². The number of hydrogen-bond acceptors (Lipinski definition) is 8. The second kappa shape index (κ2) is 18.6. The van der Waals surface area contributed by atoms with Gasteiger partial charge in [0.1, 0.15) is 45.8 Å². The largest absolute Gasteiger partial charge is 0.508 e. The van der Waals surface area contributed by atoms with Crippen LogP contribution in [-0.2, 0) is 0 Å². The summed E-state index contributed by atoms with van der Waals surface area (Å²) in [5.74, 6) is 0.153. The number of aromatic hydroxyl groups is 2. The lowest BCUT2D eigenvalue weighted by molar-refractivity contribution is 0.475. The van der Waals surface area contributed by atoms with E-state index in [9.17, 15) is 20.7 Å². The molecule has 0 aliphatic carbocycles.